The van der Waals surface area contributed by atoms with Gasteiger partial charge in [0.2, 0.25) is 0 Å². The topological polar surface area (TPSA) is 35.5 Å². The highest BCUT2D eigenvalue weighted by Gasteiger charge is 2.30. The number of Topliss-reactive ketones (excluding diaryl/α,β-unsaturated/α-hetero) is 1. The number of carbonyl (C=O) groups excluding carboxylic acids is 1. The van der Waals surface area contributed by atoms with Gasteiger partial charge in [-0.25, -0.2) is 0 Å². The standard InChI is InChI=1S/C19H15F3O3S/c1-24-16-8-7-14-15(18(16)25-2)10-12(17(14)23)9-11-3-5-13(6-4-11)26-19(20,21)22/h3-9H,10H2,1-2H3. The molecule has 0 radical (unpaired) electrons. The molecule has 0 atom stereocenters. The van der Waals surface area contributed by atoms with Gasteiger partial charge in [0.15, 0.2) is 17.3 Å². The third-order valence-electron chi connectivity index (χ3n) is 4.01. The van der Waals surface area contributed by atoms with E-state index in [0.29, 0.717) is 34.6 Å². The number of halogens is 3. The summed E-state index contributed by atoms with van der Waals surface area (Å²) in [6, 6.07) is 9.29. The lowest BCUT2D eigenvalue weighted by Gasteiger charge is -2.10. The fraction of sp³-hybridized carbons (Fsp3) is 0.211. The van der Waals surface area contributed by atoms with Crippen LogP contribution in [0.3, 0.4) is 0 Å². The van der Waals surface area contributed by atoms with Crippen LogP contribution in [0, 0.1) is 0 Å². The summed E-state index contributed by atoms with van der Waals surface area (Å²) in [6.45, 7) is 0. The van der Waals surface area contributed by atoms with E-state index in [1.165, 1.54) is 26.4 Å². The molecule has 3 nitrogen and oxygen atoms in total. The van der Waals surface area contributed by atoms with Crippen molar-refractivity contribution in [1.29, 1.82) is 0 Å². The highest BCUT2D eigenvalue weighted by atomic mass is 32.2. The van der Waals surface area contributed by atoms with E-state index in [9.17, 15) is 18.0 Å². The van der Waals surface area contributed by atoms with Crippen molar-refractivity contribution in [3.8, 4) is 11.5 Å². The number of ether oxygens (including phenoxy) is 2. The van der Waals surface area contributed by atoms with Crippen LogP contribution in [0.1, 0.15) is 21.5 Å². The molecule has 0 N–H and O–H groups in total. The first-order valence-electron chi connectivity index (χ1n) is 7.67. The van der Waals surface area contributed by atoms with Crippen molar-refractivity contribution < 1.29 is 27.4 Å². The summed E-state index contributed by atoms with van der Waals surface area (Å²) >= 11 is -0.167. The summed E-state index contributed by atoms with van der Waals surface area (Å²) in [4.78, 5) is 12.7. The van der Waals surface area contributed by atoms with Gasteiger partial charge in [0.1, 0.15) is 0 Å². The molecular formula is C19H15F3O3S. The van der Waals surface area contributed by atoms with Crippen molar-refractivity contribution in [1.82, 2.24) is 0 Å². The first-order valence-corrected chi connectivity index (χ1v) is 8.49. The number of allylic oxidation sites excluding steroid dienone is 1. The second kappa shape index (κ2) is 7.07. The van der Waals surface area contributed by atoms with Crippen molar-refractivity contribution in [3.63, 3.8) is 0 Å². The van der Waals surface area contributed by atoms with Crippen LogP contribution in [0.2, 0.25) is 0 Å². The predicted molar refractivity (Wildman–Crippen MR) is 93.9 cm³/mol. The van der Waals surface area contributed by atoms with E-state index in [1.54, 1.807) is 30.3 Å². The van der Waals surface area contributed by atoms with E-state index >= 15 is 0 Å². The Hall–Kier alpha value is -2.41. The smallest absolute Gasteiger partial charge is 0.446 e. The van der Waals surface area contributed by atoms with Crippen LogP contribution < -0.4 is 9.47 Å². The number of thioether (sulfide) groups is 1. The van der Waals surface area contributed by atoms with E-state index in [1.807, 2.05) is 0 Å². The number of hydrogen-bond acceptors (Lipinski definition) is 4. The van der Waals surface area contributed by atoms with Gasteiger partial charge < -0.3 is 9.47 Å². The molecule has 0 saturated heterocycles. The maximum atomic E-state index is 12.6. The minimum absolute atomic E-state index is 0.104. The number of fused-ring (bicyclic) bond motifs is 1. The molecule has 2 aromatic rings. The van der Waals surface area contributed by atoms with Crippen LogP contribution in [0.4, 0.5) is 13.2 Å². The fourth-order valence-corrected chi connectivity index (χ4v) is 3.45. The first-order chi connectivity index (χ1) is 12.3. The summed E-state index contributed by atoms with van der Waals surface area (Å²) < 4.78 is 47.8. The second-order valence-corrected chi connectivity index (χ2v) is 6.76. The lowest BCUT2D eigenvalue weighted by molar-refractivity contribution is -0.0328. The highest BCUT2D eigenvalue weighted by Crippen LogP contribution is 2.40. The van der Waals surface area contributed by atoms with Crippen LogP contribution >= 0.6 is 11.8 Å². The molecule has 26 heavy (non-hydrogen) atoms. The number of carbonyl (C=O) groups is 1. The molecule has 136 valence electrons. The van der Waals surface area contributed by atoms with E-state index in [-0.39, 0.29) is 22.4 Å². The van der Waals surface area contributed by atoms with Gasteiger partial charge in [-0.05, 0) is 47.7 Å². The third kappa shape index (κ3) is 3.72. The molecule has 0 aliphatic heterocycles. The van der Waals surface area contributed by atoms with Crippen LogP contribution in [-0.4, -0.2) is 25.5 Å². The van der Waals surface area contributed by atoms with Gasteiger partial charge in [0.25, 0.3) is 0 Å². The zero-order chi connectivity index (χ0) is 18.9. The maximum absolute atomic E-state index is 12.6. The van der Waals surface area contributed by atoms with Gasteiger partial charge in [-0.3, -0.25) is 4.79 Å². The van der Waals surface area contributed by atoms with Gasteiger partial charge >= 0.3 is 5.51 Å². The minimum Gasteiger partial charge on any atom is -0.493 e. The van der Waals surface area contributed by atoms with E-state index < -0.39 is 5.51 Å². The molecular weight excluding hydrogens is 365 g/mol. The quantitative estimate of drug-likeness (QED) is 0.544. The number of benzene rings is 2. The number of methoxy groups -OCH3 is 2. The Labute approximate surface area is 152 Å². The summed E-state index contributed by atoms with van der Waals surface area (Å²) in [5, 5.41) is 0. The van der Waals surface area contributed by atoms with Crippen molar-refractivity contribution in [3.05, 3.63) is 58.7 Å². The highest BCUT2D eigenvalue weighted by molar-refractivity contribution is 8.00. The zero-order valence-corrected chi connectivity index (χ0v) is 14.8. The Morgan fingerprint density at radius 2 is 1.73 bits per heavy atom. The monoisotopic (exact) mass is 380 g/mol. The van der Waals surface area contributed by atoms with Gasteiger partial charge in [-0.15, -0.1) is 0 Å². The predicted octanol–water partition coefficient (Wildman–Crippen LogP) is 5.14. The van der Waals surface area contributed by atoms with Crippen molar-refractivity contribution in [2.75, 3.05) is 14.2 Å². The molecule has 0 aromatic heterocycles. The number of alkyl halides is 3. The third-order valence-corrected chi connectivity index (χ3v) is 4.75. The van der Waals surface area contributed by atoms with Crippen molar-refractivity contribution in [2.45, 2.75) is 16.8 Å². The van der Waals surface area contributed by atoms with Crippen LogP contribution in [-0.2, 0) is 6.42 Å². The molecule has 0 amide bonds. The number of ketones is 1. The molecule has 2 aromatic carbocycles. The van der Waals surface area contributed by atoms with E-state index in [4.69, 9.17) is 9.47 Å². The Balaban J connectivity index is 1.88. The molecule has 0 heterocycles. The van der Waals surface area contributed by atoms with E-state index in [2.05, 4.69) is 0 Å². The zero-order valence-electron chi connectivity index (χ0n) is 14.0. The molecule has 0 fully saturated rings. The van der Waals surface area contributed by atoms with Gasteiger partial charge in [0, 0.05) is 28.0 Å². The lowest BCUT2D eigenvalue weighted by Crippen LogP contribution is -1.98. The summed E-state index contributed by atoms with van der Waals surface area (Å²) in [7, 11) is 3.04. The Bertz CT molecular complexity index is 871. The van der Waals surface area contributed by atoms with E-state index in [0.717, 1.165) is 5.56 Å². The fourth-order valence-electron chi connectivity index (χ4n) is 2.91. The molecule has 1 aliphatic carbocycles. The second-order valence-electron chi connectivity index (χ2n) is 5.62. The largest absolute Gasteiger partial charge is 0.493 e. The first kappa shape index (κ1) is 18.4. The average Bonchev–Trinajstić information content (AvgIpc) is 2.90. The Morgan fingerprint density at radius 3 is 2.31 bits per heavy atom. The van der Waals surface area contributed by atoms with Gasteiger partial charge in [0.05, 0.1) is 14.2 Å². The molecule has 0 saturated carbocycles. The van der Waals surface area contributed by atoms with Crippen molar-refractivity contribution >= 4 is 23.6 Å². The number of rotatable bonds is 4. The Morgan fingerprint density at radius 1 is 1.04 bits per heavy atom. The van der Waals surface area contributed by atoms with Gasteiger partial charge in [-0.2, -0.15) is 13.2 Å². The summed E-state index contributed by atoms with van der Waals surface area (Å²) in [5.41, 5.74) is -1.79. The molecule has 1 aliphatic rings. The molecule has 0 bridgehead atoms. The molecule has 3 rings (SSSR count). The normalized spacial score (nSPS) is 15.3. The SMILES string of the molecule is COc1ccc2c(c1OC)CC(=Cc1ccc(SC(F)(F)F)cc1)C2=O. The molecule has 0 spiro atoms. The summed E-state index contributed by atoms with van der Waals surface area (Å²) in [6.07, 6.45) is 2.07. The van der Waals surface area contributed by atoms with Crippen LogP contribution in [0.15, 0.2) is 46.9 Å². The van der Waals surface area contributed by atoms with Crippen LogP contribution in [0.25, 0.3) is 6.08 Å². The molecule has 7 heteroatoms. The maximum Gasteiger partial charge on any atom is 0.446 e. The summed E-state index contributed by atoms with van der Waals surface area (Å²) in [5.74, 6) is 0.960. The Kier molecular flexibility index (Phi) is 5.00. The van der Waals surface area contributed by atoms with Gasteiger partial charge in [-0.1, -0.05) is 12.1 Å². The minimum atomic E-state index is -4.32. The molecule has 0 unspecified atom stereocenters. The number of hydrogen-bond donors (Lipinski definition) is 0. The average molecular weight is 380 g/mol. The van der Waals surface area contributed by atoms with Crippen LogP contribution in [0.5, 0.6) is 11.5 Å². The lowest BCUT2D eigenvalue weighted by atomic mass is 10.1. The van der Waals surface area contributed by atoms with Crippen molar-refractivity contribution in [2.24, 2.45) is 0 Å².